The standard InChI is InChI=1S/C18H21ClN4O2/c19-13-4-5-15-16(3-1-10-25-17(15)11-13)21-18(24)22-9-6-14(12-22)23-8-2-7-20-23/h2,4-5,7-8,11,14,16H,1,3,6,9-10,12H2,(H,21,24). The fraction of sp³-hybridized carbons (Fsp3) is 0.444. The van der Waals surface area contributed by atoms with Gasteiger partial charge in [0.2, 0.25) is 0 Å². The van der Waals surface area contributed by atoms with Crippen LogP contribution in [-0.2, 0) is 0 Å². The van der Waals surface area contributed by atoms with E-state index in [1.54, 1.807) is 6.20 Å². The van der Waals surface area contributed by atoms with Crippen LogP contribution in [0.3, 0.4) is 0 Å². The normalized spacial score (nSPS) is 22.8. The van der Waals surface area contributed by atoms with Crippen LogP contribution in [0.2, 0.25) is 5.02 Å². The first kappa shape index (κ1) is 16.3. The average Bonchev–Trinajstić information content (AvgIpc) is 3.25. The molecular weight excluding hydrogens is 340 g/mol. The maximum absolute atomic E-state index is 12.7. The fourth-order valence-electron chi connectivity index (χ4n) is 3.58. The van der Waals surface area contributed by atoms with Crippen LogP contribution < -0.4 is 10.1 Å². The summed E-state index contributed by atoms with van der Waals surface area (Å²) in [5.74, 6) is 0.770. The van der Waals surface area contributed by atoms with Gasteiger partial charge in [0, 0.05) is 36.1 Å². The largest absolute Gasteiger partial charge is 0.493 e. The number of aromatic nitrogens is 2. The van der Waals surface area contributed by atoms with E-state index in [9.17, 15) is 4.79 Å². The second-order valence-electron chi connectivity index (χ2n) is 6.55. The van der Waals surface area contributed by atoms with E-state index < -0.39 is 0 Å². The molecule has 2 aromatic rings. The second kappa shape index (κ2) is 6.96. The van der Waals surface area contributed by atoms with Crippen LogP contribution in [0.1, 0.15) is 36.9 Å². The number of urea groups is 1. The van der Waals surface area contributed by atoms with E-state index in [2.05, 4.69) is 10.4 Å². The summed E-state index contributed by atoms with van der Waals surface area (Å²) in [6, 6.07) is 7.71. The summed E-state index contributed by atoms with van der Waals surface area (Å²) in [7, 11) is 0. The number of carbonyl (C=O) groups is 1. The number of carbonyl (C=O) groups excluding carboxylic acids is 1. The Morgan fingerprint density at radius 2 is 2.28 bits per heavy atom. The molecule has 2 unspecified atom stereocenters. The third-order valence-electron chi connectivity index (χ3n) is 4.89. The van der Waals surface area contributed by atoms with E-state index in [0.717, 1.165) is 37.1 Å². The molecule has 0 bridgehead atoms. The van der Waals surface area contributed by atoms with Gasteiger partial charge in [0.05, 0.1) is 18.7 Å². The molecule has 0 spiro atoms. The zero-order valence-corrected chi connectivity index (χ0v) is 14.7. The first-order chi connectivity index (χ1) is 12.2. The van der Waals surface area contributed by atoms with E-state index >= 15 is 0 Å². The number of hydrogen-bond donors (Lipinski definition) is 1. The Hall–Kier alpha value is -2.21. The molecule has 0 saturated carbocycles. The van der Waals surface area contributed by atoms with Crippen molar-refractivity contribution in [3.8, 4) is 5.75 Å². The van der Waals surface area contributed by atoms with E-state index in [4.69, 9.17) is 16.3 Å². The maximum atomic E-state index is 12.7. The lowest BCUT2D eigenvalue weighted by Gasteiger charge is -2.23. The highest BCUT2D eigenvalue weighted by atomic mass is 35.5. The van der Waals surface area contributed by atoms with E-state index in [0.29, 0.717) is 18.2 Å². The first-order valence-corrected chi connectivity index (χ1v) is 9.05. The highest BCUT2D eigenvalue weighted by Crippen LogP contribution is 2.34. The van der Waals surface area contributed by atoms with Gasteiger partial charge in [0.15, 0.2) is 0 Å². The number of amides is 2. The summed E-state index contributed by atoms with van der Waals surface area (Å²) in [5, 5.41) is 8.11. The summed E-state index contributed by atoms with van der Waals surface area (Å²) in [6.07, 6.45) is 6.41. The maximum Gasteiger partial charge on any atom is 0.317 e. The van der Waals surface area contributed by atoms with Crippen LogP contribution in [0.15, 0.2) is 36.7 Å². The number of halogens is 1. The molecule has 25 heavy (non-hydrogen) atoms. The second-order valence-corrected chi connectivity index (χ2v) is 6.99. The molecule has 2 amide bonds. The van der Waals surface area contributed by atoms with Gasteiger partial charge in [0.1, 0.15) is 5.75 Å². The molecule has 0 radical (unpaired) electrons. The summed E-state index contributed by atoms with van der Waals surface area (Å²) >= 11 is 6.07. The molecule has 1 saturated heterocycles. The van der Waals surface area contributed by atoms with Crippen LogP contribution in [0, 0.1) is 0 Å². The number of nitrogens with one attached hydrogen (secondary N) is 1. The molecule has 1 aromatic carbocycles. The third kappa shape index (κ3) is 3.44. The molecule has 0 aliphatic carbocycles. The molecule has 6 nitrogen and oxygen atoms in total. The molecule has 7 heteroatoms. The molecular formula is C18H21ClN4O2. The molecule has 132 valence electrons. The monoisotopic (exact) mass is 360 g/mol. The van der Waals surface area contributed by atoms with Crippen molar-refractivity contribution in [3.63, 3.8) is 0 Å². The lowest BCUT2D eigenvalue weighted by molar-refractivity contribution is 0.202. The van der Waals surface area contributed by atoms with Crippen LogP contribution in [0.5, 0.6) is 5.75 Å². The van der Waals surface area contributed by atoms with Crippen LogP contribution in [0.25, 0.3) is 0 Å². The Balaban J connectivity index is 1.44. The van der Waals surface area contributed by atoms with Crippen LogP contribution in [0.4, 0.5) is 4.79 Å². The van der Waals surface area contributed by atoms with Gasteiger partial charge < -0.3 is 15.0 Å². The Morgan fingerprint density at radius 3 is 3.12 bits per heavy atom. The van der Waals surface area contributed by atoms with Gasteiger partial charge in [-0.05, 0) is 37.5 Å². The summed E-state index contributed by atoms with van der Waals surface area (Å²) in [5.41, 5.74) is 0.998. The molecule has 2 aliphatic heterocycles. The summed E-state index contributed by atoms with van der Waals surface area (Å²) in [6.45, 7) is 2.07. The number of likely N-dealkylation sites (tertiary alicyclic amines) is 1. The van der Waals surface area contributed by atoms with Gasteiger partial charge in [-0.25, -0.2) is 4.79 Å². The molecule has 1 fully saturated rings. The van der Waals surface area contributed by atoms with Crippen LogP contribution >= 0.6 is 11.6 Å². The van der Waals surface area contributed by atoms with Crippen molar-refractivity contribution in [2.24, 2.45) is 0 Å². The summed E-state index contributed by atoms with van der Waals surface area (Å²) in [4.78, 5) is 14.6. The third-order valence-corrected chi connectivity index (χ3v) is 5.13. The van der Waals surface area contributed by atoms with E-state index in [1.165, 1.54) is 0 Å². The van der Waals surface area contributed by atoms with Crippen LogP contribution in [-0.4, -0.2) is 40.4 Å². The van der Waals surface area contributed by atoms with Crippen molar-refractivity contribution in [2.45, 2.75) is 31.3 Å². The average molecular weight is 361 g/mol. The fourth-order valence-corrected chi connectivity index (χ4v) is 3.74. The van der Waals surface area contributed by atoms with E-state index in [1.807, 2.05) is 40.0 Å². The van der Waals surface area contributed by atoms with Gasteiger partial charge in [-0.3, -0.25) is 4.68 Å². The number of rotatable bonds is 2. The number of benzene rings is 1. The van der Waals surface area contributed by atoms with Gasteiger partial charge in [-0.15, -0.1) is 0 Å². The Kier molecular flexibility index (Phi) is 4.53. The Morgan fingerprint density at radius 1 is 1.36 bits per heavy atom. The zero-order chi connectivity index (χ0) is 17.2. The minimum absolute atomic E-state index is 0.0255. The molecule has 2 aliphatic rings. The molecule has 1 N–H and O–H groups in total. The first-order valence-electron chi connectivity index (χ1n) is 8.67. The van der Waals surface area contributed by atoms with Crippen molar-refractivity contribution in [3.05, 3.63) is 47.2 Å². The lowest BCUT2D eigenvalue weighted by atomic mass is 10.0. The number of hydrogen-bond acceptors (Lipinski definition) is 3. The van der Waals surface area contributed by atoms with Crippen molar-refractivity contribution >= 4 is 17.6 Å². The number of nitrogens with zero attached hydrogens (tertiary/aromatic N) is 3. The molecule has 2 atom stereocenters. The lowest BCUT2D eigenvalue weighted by Crippen LogP contribution is -2.40. The van der Waals surface area contributed by atoms with Crippen molar-refractivity contribution in [1.82, 2.24) is 20.0 Å². The SMILES string of the molecule is O=C(NC1CCCOc2cc(Cl)ccc21)N1CCC(n2cccn2)C1. The Bertz CT molecular complexity index is 750. The molecule has 4 rings (SSSR count). The van der Waals surface area contributed by atoms with Gasteiger partial charge in [-0.1, -0.05) is 17.7 Å². The topological polar surface area (TPSA) is 59.4 Å². The van der Waals surface area contributed by atoms with Crippen molar-refractivity contribution < 1.29 is 9.53 Å². The molecule has 1 aromatic heterocycles. The highest BCUT2D eigenvalue weighted by molar-refractivity contribution is 6.30. The number of fused-ring (bicyclic) bond motifs is 1. The predicted molar refractivity (Wildman–Crippen MR) is 94.9 cm³/mol. The minimum Gasteiger partial charge on any atom is -0.493 e. The van der Waals surface area contributed by atoms with Crippen molar-refractivity contribution in [2.75, 3.05) is 19.7 Å². The minimum atomic E-state index is -0.0500. The van der Waals surface area contributed by atoms with E-state index in [-0.39, 0.29) is 18.1 Å². The van der Waals surface area contributed by atoms with Gasteiger partial charge in [0.25, 0.3) is 0 Å². The summed E-state index contributed by atoms with van der Waals surface area (Å²) < 4.78 is 7.71. The van der Waals surface area contributed by atoms with Gasteiger partial charge in [-0.2, -0.15) is 5.10 Å². The smallest absolute Gasteiger partial charge is 0.317 e. The zero-order valence-electron chi connectivity index (χ0n) is 13.9. The van der Waals surface area contributed by atoms with Gasteiger partial charge >= 0.3 is 6.03 Å². The van der Waals surface area contributed by atoms with Crippen molar-refractivity contribution in [1.29, 1.82) is 0 Å². The molecule has 3 heterocycles. The predicted octanol–water partition coefficient (Wildman–Crippen LogP) is 3.41. The quantitative estimate of drug-likeness (QED) is 0.892. The Labute approximate surface area is 151 Å². The number of ether oxygens (including phenoxy) is 1. The highest BCUT2D eigenvalue weighted by Gasteiger charge is 2.30.